The van der Waals surface area contributed by atoms with E-state index in [9.17, 15) is 4.79 Å². The number of hydrogen-bond donors (Lipinski definition) is 0. The molecule has 0 atom stereocenters. The molecule has 2 aromatic heterocycles. The summed E-state index contributed by atoms with van der Waals surface area (Å²) < 4.78 is 2.07. The molecule has 19 heavy (non-hydrogen) atoms. The highest BCUT2D eigenvalue weighted by Crippen LogP contribution is 2.15. The number of aromatic nitrogens is 3. The number of halogens is 1. The third-order valence-electron chi connectivity index (χ3n) is 2.28. The summed E-state index contributed by atoms with van der Waals surface area (Å²) in [6.07, 6.45) is 3.30. The van der Waals surface area contributed by atoms with Crippen molar-refractivity contribution in [2.24, 2.45) is 12.2 Å². The van der Waals surface area contributed by atoms with Crippen molar-refractivity contribution in [3.8, 4) is 0 Å². The van der Waals surface area contributed by atoms with Gasteiger partial charge in [0.15, 0.2) is 5.69 Å². The summed E-state index contributed by atoms with van der Waals surface area (Å²) in [7, 11) is 1.71. The average Bonchev–Trinajstić information content (AvgIpc) is 2.75. The number of rotatable bonds is 3. The number of carbonyl (C=O) groups is 1. The molecule has 0 spiro atoms. The first-order valence-corrected chi connectivity index (χ1v) is 6.23. The van der Waals surface area contributed by atoms with Gasteiger partial charge >= 0.3 is 5.97 Å². The number of hydrogen-bond acceptors (Lipinski definition) is 5. The molecule has 0 saturated heterocycles. The lowest BCUT2D eigenvalue weighted by molar-refractivity contribution is 0.0507. The van der Waals surface area contributed by atoms with Gasteiger partial charge in [0.1, 0.15) is 5.71 Å². The van der Waals surface area contributed by atoms with Gasteiger partial charge in [0, 0.05) is 19.4 Å². The van der Waals surface area contributed by atoms with Crippen molar-refractivity contribution in [1.29, 1.82) is 0 Å². The van der Waals surface area contributed by atoms with Gasteiger partial charge in [-0.05, 0) is 35.0 Å². The molecule has 0 amide bonds. The minimum atomic E-state index is -0.622. The molecule has 2 aromatic rings. The van der Waals surface area contributed by atoms with Crippen LogP contribution in [0.25, 0.3) is 0 Å². The standard InChI is InChI=1S/C12H11BrN4O2/c1-8(10-5-3-4-6-14-10)16-19-12(18)11-9(13)7-17(2)15-11/h3-7H,1-2H3/b16-8-. The van der Waals surface area contributed by atoms with Crippen LogP contribution in [0, 0.1) is 0 Å². The molecule has 2 rings (SSSR count). The van der Waals surface area contributed by atoms with Crippen LogP contribution in [-0.4, -0.2) is 26.4 Å². The molecule has 0 saturated carbocycles. The molecule has 0 bridgehead atoms. The van der Waals surface area contributed by atoms with Crippen molar-refractivity contribution >= 4 is 27.6 Å². The Hall–Kier alpha value is -2.02. The van der Waals surface area contributed by atoms with Crippen molar-refractivity contribution < 1.29 is 9.63 Å². The van der Waals surface area contributed by atoms with Crippen LogP contribution in [0.5, 0.6) is 0 Å². The monoisotopic (exact) mass is 322 g/mol. The number of aryl methyl sites for hydroxylation is 1. The fourth-order valence-corrected chi connectivity index (χ4v) is 1.91. The molecule has 0 aromatic carbocycles. The van der Waals surface area contributed by atoms with Crippen LogP contribution in [0.4, 0.5) is 0 Å². The molecule has 0 aliphatic carbocycles. The summed E-state index contributed by atoms with van der Waals surface area (Å²) >= 11 is 3.22. The van der Waals surface area contributed by atoms with E-state index in [1.807, 2.05) is 6.07 Å². The SMILES string of the molecule is C/C(=N/OC(=O)c1nn(C)cc1Br)c1ccccn1. The molecule has 98 valence electrons. The molecule has 7 heteroatoms. The van der Waals surface area contributed by atoms with E-state index in [0.29, 0.717) is 15.9 Å². The lowest BCUT2D eigenvalue weighted by Gasteiger charge is -1.99. The number of carbonyl (C=O) groups excluding carboxylic acids is 1. The Bertz CT molecular complexity index is 622. The second-order valence-electron chi connectivity index (χ2n) is 3.77. The molecule has 0 radical (unpaired) electrons. The maximum absolute atomic E-state index is 11.8. The molecule has 0 N–H and O–H groups in total. The minimum Gasteiger partial charge on any atom is -0.311 e. The first kappa shape index (κ1) is 13.4. The molecular formula is C12H11BrN4O2. The van der Waals surface area contributed by atoms with Gasteiger partial charge < -0.3 is 4.84 Å². The Kier molecular flexibility index (Phi) is 4.06. The molecule has 0 fully saturated rings. The average molecular weight is 323 g/mol. The van der Waals surface area contributed by atoms with Crippen molar-refractivity contribution in [1.82, 2.24) is 14.8 Å². The summed E-state index contributed by atoms with van der Waals surface area (Å²) in [6.45, 7) is 1.71. The van der Waals surface area contributed by atoms with Crippen molar-refractivity contribution in [3.63, 3.8) is 0 Å². The fourth-order valence-electron chi connectivity index (χ4n) is 1.37. The predicted octanol–water partition coefficient (Wildman–Crippen LogP) is 2.16. The highest BCUT2D eigenvalue weighted by molar-refractivity contribution is 9.10. The third kappa shape index (κ3) is 3.25. The number of nitrogens with zero attached hydrogens (tertiary/aromatic N) is 4. The molecule has 0 unspecified atom stereocenters. The highest BCUT2D eigenvalue weighted by atomic mass is 79.9. The predicted molar refractivity (Wildman–Crippen MR) is 72.8 cm³/mol. The fraction of sp³-hybridized carbons (Fsp3) is 0.167. The summed E-state index contributed by atoms with van der Waals surface area (Å²) in [5.74, 6) is -0.622. The van der Waals surface area contributed by atoms with Gasteiger partial charge in [-0.25, -0.2) is 4.79 Å². The second kappa shape index (κ2) is 5.75. The zero-order valence-electron chi connectivity index (χ0n) is 10.4. The number of pyridine rings is 1. The Morgan fingerprint density at radius 3 is 2.84 bits per heavy atom. The van der Waals surface area contributed by atoms with Crippen LogP contribution < -0.4 is 0 Å². The molecule has 0 aliphatic heterocycles. The van der Waals surface area contributed by atoms with Crippen LogP contribution >= 0.6 is 15.9 Å². The molecule has 0 aliphatic rings. The van der Waals surface area contributed by atoms with Crippen LogP contribution in [0.1, 0.15) is 23.1 Å². The second-order valence-corrected chi connectivity index (χ2v) is 4.62. The van der Waals surface area contributed by atoms with E-state index < -0.39 is 5.97 Å². The van der Waals surface area contributed by atoms with E-state index in [1.54, 1.807) is 38.5 Å². The zero-order valence-corrected chi connectivity index (χ0v) is 12.0. The molecule has 6 nitrogen and oxygen atoms in total. The largest absolute Gasteiger partial charge is 0.386 e. The minimum absolute atomic E-state index is 0.181. The normalized spacial score (nSPS) is 11.4. The van der Waals surface area contributed by atoms with Gasteiger partial charge in [0.05, 0.1) is 10.2 Å². The van der Waals surface area contributed by atoms with Gasteiger partial charge in [0.2, 0.25) is 0 Å². The summed E-state index contributed by atoms with van der Waals surface area (Å²) in [5, 5.41) is 7.73. The highest BCUT2D eigenvalue weighted by Gasteiger charge is 2.16. The smallest absolute Gasteiger partial charge is 0.311 e. The molecule has 2 heterocycles. The van der Waals surface area contributed by atoms with E-state index in [1.165, 1.54) is 4.68 Å². The van der Waals surface area contributed by atoms with Gasteiger partial charge in [-0.2, -0.15) is 5.10 Å². The van der Waals surface area contributed by atoms with E-state index in [0.717, 1.165) is 0 Å². The van der Waals surface area contributed by atoms with Gasteiger partial charge in [-0.1, -0.05) is 11.2 Å². The van der Waals surface area contributed by atoms with E-state index >= 15 is 0 Å². The van der Waals surface area contributed by atoms with Crippen LogP contribution in [0.2, 0.25) is 0 Å². The van der Waals surface area contributed by atoms with Gasteiger partial charge in [0.25, 0.3) is 0 Å². The maximum Gasteiger partial charge on any atom is 0.386 e. The third-order valence-corrected chi connectivity index (χ3v) is 2.86. The van der Waals surface area contributed by atoms with Crippen LogP contribution in [0.3, 0.4) is 0 Å². The summed E-state index contributed by atoms with van der Waals surface area (Å²) in [6, 6.07) is 5.41. The maximum atomic E-state index is 11.8. The number of oxime groups is 1. The summed E-state index contributed by atoms with van der Waals surface area (Å²) in [4.78, 5) is 20.7. The Morgan fingerprint density at radius 2 is 2.26 bits per heavy atom. The Balaban J connectivity index is 2.10. The lowest BCUT2D eigenvalue weighted by atomic mass is 10.3. The summed E-state index contributed by atoms with van der Waals surface area (Å²) in [5.41, 5.74) is 1.34. The van der Waals surface area contributed by atoms with Gasteiger partial charge in [-0.15, -0.1) is 0 Å². The lowest BCUT2D eigenvalue weighted by Crippen LogP contribution is -2.06. The van der Waals surface area contributed by atoms with E-state index in [2.05, 4.69) is 31.2 Å². The van der Waals surface area contributed by atoms with Crippen molar-refractivity contribution in [2.75, 3.05) is 0 Å². The van der Waals surface area contributed by atoms with Crippen molar-refractivity contribution in [2.45, 2.75) is 6.92 Å². The van der Waals surface area contributed by atoms with Crippen LogP contribution in [-0.2, 0) is 11.9 Å². The Morgan fingerprint density at radius 1 is 1.47 bits per heavy atom. The van der Waals surface area contributed by atoms with E-state index in [4.69, 9.17) is 4.84 Å². The van der Waals surface area contributed by atoms with Gasteiger partial charge in [-0.3, -0.25) is 9.67 Å². The van der Waals surface area contributed by atoms with Crippen LogP contribution in [0.15, 0.2) is 40.2 Å². The quantitative estimate of drug-likeness (QED) is 0.493. The zero-order chi connectivity index (χ0) is 13.8. The first-order valence-electron chi connectivity index (χ1n) is 5.44. The Labute approximate surface area is 118 Å². The topological polar surface area (TPSA) is 69.4 Å². The molecular weight excluding hydrogens is 312 g/mol. The first-order chi connectivity index (χ1) is 9.08. The van der Waals surface area contributed by atoms with E-state index in [-0.39, 0.29) is 5.69 Å². The van der Waals surface area contributed by atoms with Crippen molar-refractivity contribution in [3.05, 3.63) is 46.5 Å².